The zero-order valence-electron chi connectivity index (χ0n) is 30.2. The zero-order valence-corrected chi connectivity index (χ0v) is 30.2. The van der Waals surface area contributed by atoms with Crippen LogP contribution >= 0.6 is 0 Å². The third kappa shape index (κ3) is 22.3. The van der Waals surface area contributed by atoms with E-state index in [0.717, 1.165) is 63.9 Å². The Bertz CT molecular complexity index is 1300. The summed E-state index contributed by atoms with van der Waals surface area (Å²) in [5.41, 5.74) is 5.19. The van der Waals surface area contributed by atoms with Crippen LogP contribution in [-0.2, 0) is 24.0 Å². The number of benzene rings is 1. The monoisotopic (exact) mass is 734 g/mol. The van der Waals surface area contributed by atoms with E-state index in [2.05, 4.69) is 10.6 Å². The number of carbonyl (C=O) groups excluding carboxylic acids is 3. The summed E-state index contributed by atoms with van der Waals surface area (Å²) in [7, 11) is 0. The highest BCUT2D eigenvalue weighted by Crippen LogP contribution is 2.17. The van der Waals surface area contributed by atoms with Gasteiger partial charge in [0.15, 0.2) is 0 Å². The molecule has 0 spiro atoms. The van der Waals surface area contributed by atoms with Crippen molar-refractivity contribution in [3.05, 3.63) is 29.3 Å². The second-order valence-corrected chi connectivity index (χ2v) is 13.2. The third-order valence-electron chi connectivity index (χ3n) is 8.58. The molecule has 8 N–H and O–H groups in total. The van der Waals surface area contributed by atoms with Gasteiger partial charge in [-0.15, -0.1) is 0 Å². The highest BCUT2D eigenvalue weighted by molar-refractivity contribution is 6.01. The van der Waals surface area contributed by atoms with E-state index in [1.807, 2.05) is 0 Å². The molecule has 3 amide bonds. The van der Waals surface area contributed by atoms with E-state index in [1.54, 1.807) is 0 Å². The topological polar surface area (TPSA) is 254 Å². The lowest BCUT2D eigenvalue weighted by Gasteiger charge is -2.22. The number of aromatic carboxylic acids is 1. The lowest BCUT2D eigenvalue weighted by Crippen LogP contribution is -2.39. The predicted octanol–water partition coefficient (Wildman–Crippen LogP) is 5.26. The van der Waals surface area contributed by atoms with Gasteiger partial charge in [-0.1, -0.05) is 77.0 Å². The van der Waals surface area contributed by atoms with Gasteiger partial charge in [0, 0.05) is 37.2 Å². The first-order valence-corrected chi connectivity index (χ1v) is 18.5. The molecule has 0 radical (unpaired) electrons. The van der Waals surface area contributed by atoms with Crippen LogP contribution in [0.4, 0.5) is 5.69 Å². The molecule has 0 fully saturated rings. The van der Waals surface area contributed by atoms with Crippen LogP contribution in [0.1, 0.15) is 149 Å². The first kappa shape index (κ1) is 45.5. The smallest absolute Gasteiger partial charge is 0.335 e. The molecular weight excluding hydrogens is 676 g/mol. The highest BCUT2D eigenvalue weighted by atomic mass is 16.4. The lowest BCUT2D eigenvalue weighted by atomic mass is 10.0. The van der Waals surface area contributed by atoms with E-state index in [1.165, 1.54) is 42.7 Å². The summed E-state index contributed by atoms with van der Waals surface area (Å²) in [6.45, 7) is -0.437. The van der Waals surface area contributed by atoms with Crippen LogP contribution in [-0.4, -0.2) is 92.6 Å². The van der Waals surface area contributed by atoms with Crippen LogP contribution in [0.15, 0.2) is 18.2 Å². The van der Waals surface area contributed by atoms with Gasteiger partial charge in [0.05, 0.1) is 18.5 Å². The van der Waals surface area contributed by atoms with E-state index in [4.69, 9.17) is 15.9 Å². The van der Waals surface area contributed by atoms with Crippen molar-refractivity contribution < 1.29 is 54.0 Å². The Hall–Kier alpha value is -4.53. The standard InChI is InChI=1S/C37H58N4O11/c38-30(37(51)52)17-15-16-21-39-35(48)27-23-28(36(49)50)25-29(24-27)40-31(42)26-41(22-20-34(46)47)32(43)18-13-11-9-7-5-3-1-2-4-6-8-10-12-14-19-33(44)45/h23-25,30H,1-22,26,38H2,(H,39,48)(H,40,42)(H,44,45)(H,46,47)(H,49,50)(H,51,52)/t30-/m0/s1. The van der Waals surface area contributed by atoms with Crippen molar-refractivity contribution in [2.45, 2.75) is 134 Å². The first-order valence-electron chi connectivity index (χ1n) is 18.5. The molecule has 0 aromatic heterocycles. The molecule has 0 aliphatic heterocycles. The summed E-state index contributed by atoms with van der Waals surface area (Å²) in [6.07, 6.45) is 15.6. The number of carboxylic acid groups (broad SMARTS) is 4. The molecule has 0 saturated heterocycles. The number of hydrogen-bond acceptors (Lipinski definition) is 8. The average Bonchev–Trinajstić information content (AvgIpc) is 3.08. The van der Waals surface area contributed by atoms with Gasteiger partial charge in [-0.25, -0.2) is 4.79 Å². The molecule has 1 atom stereocenters. The van der Waals surface area contributed by atoms with Crippen molar-refractivity contribution in [3.8, 4) is 0 Å². The number of nitrogens with two attached hydrogens (primary N) is 1. The Morgan fingerprint density at radius 2 is 1.12 bits per heavy atom. The minimum atomic E-state index is -1.33. The summed E-state index contributed by atoms with van der Waals surface area (Å²) in [6, 6.07) is 2.61. The molecule has 0 heterocycles. The fourth-order valence-electron chi connectivity index (χ4n) is 5.60. The number of carbonyl (C=O) groups is 7. The van der Waals surface area contributed by atoms with Gasteiger partial charge in [-0.2, -0.15) is 0 Å². The number of unbranched alkanes of at least 4 members (excludes halogenated alkanes) is 14. The molecule has 15 nitrogen and oxygen atoms in total. The minimum absolute atomic E-state index is 0.0121. The Balaban J connectivity index is 2.49. The van der Waals surface area contributed by atoms with Crippen molar-refractivity contribution >= 4 is 47.3 Å². The molecule has 1 rings (SSSR count). The summed E-state index contributed by atoms with van der Waals surface area (Å²) in [5, 5.41) is 41.4. The normalized spacial score (nSPS) is 11.4. The summed E-state index contributed by atoms with van der Waals surface area (Å²) >= 11 is 0. The average molecular weight is 735 g/mol. The first-order chi connectivity index (χ1) is 24.8. The Morgan fingerprint density at radius 1 is 0.615 bits per heavy atom. The number of hydrogen-bond donors (Lipinski definition) is 7. The highest BCUT2D eigenvalue weighted by Gasteiger charge is 2.20. The fraction of sp³-hybridized carbons (Fsp3) is 0.649. The number of nitrogens with zero attached hydrogens (tertiary/aromatic N) is 1. The van der Waals surface area contributed by atoms with Gasteiger partial charge in [-0.05, 0) is 50.3 Å². The maximum absolute atomic E-state index is 13.0. The largest absolute Gasteiger partial charge is 0.481 e. The molecule has 1 aromatic rings. The van der Waals surface area contributed by atoms with Gasteiger partial charge in [0.2, 0.25) is 11.8 Å². The summed E-state index contributed by atoms with van der Waals surface area (Å²) in [4.78, 5) is 84.1. The van der Waals surface area contributed by atoms with E-state index >= 15 is 0 Å². The fourth-order valence-corrected chi connectivity index (χ4v) is 5.60. The van der Waals surface area contributed by atoms with Crippen LogP contribution in [0.25, 0.3) is 0 Å². The third-order valence-corrected chi connectivity index (χ3v) is 8.58. The quantitative estimate of drug-likeness (QED) is 0.0482. The van der Waals surface area contributed by atoms with E-state index in [0.29, 0.717) is 19.3 Å². The molecule has 0 unspecified atom stereocenters. The molecule has 15 heteroatoms. The molecule has 52 heavy (non-hydrogen) atoms. The number of carboxylic acids is 4. The van der Waals surface area contributed by atoms with Crippen LogP contribution in [0.5, 0.6) is 0 Å². The van der Waals surface area contributed by atoms with E-state index in [-0.39, 0.29) is 61.5 Å². The molecule has 1 aromatic carbocycles. The summed E-state index contributed by atoms with van der Waals surface area (Å²) < 4.78 is 0. The van der Waals surface area contributed by atoms with Crippen molar-refractivity contribution in [2.24, 2.45) is 5.73 Å². The van der Waals surface area contributed by atoms with Crippen molar-refractivity contribution in [1.29, 1.82) is 0 Å². The number of amides is 3. The van der Waals surface area contributed by atoms with Crippen LogP contribution in [0, 0.1) is 0 Å². The Morgan fingerprint density at radius 3 is 1.62 bits per heavy atom. The van der Waals surface area contributed by atoms with Gasteiger partial charge in [0.25, 0.3) is 5.91 Å². The van der Waals surface area contributed by atoms with Crippen molar-refractivity contribution in [3.63, 3.8) is 0 Å². The Kier molecular flexibility index (Phi) is 23.8. The van der Waals surface area contributed by atoms with Crippen LogP contribution in [0.3, 0.4) is 0 Å². The molecule has 0 saturated carbocycles. The zero-order chi connectivity index (χ0) is 38.7. The van der Waals surface area contributed by atoms with Crippen LogP contribution < -0.4 is 16.4 Å². The summed E-state index contributed by atoms with van der Waals surface area (Å²) in [5.74, 6) is -5.95. The second-order valence-electron chi connectivity index (χ2n) is 13.2. The maximum Gasteiger partial charge on any atom is 0.335 e. The van der Waals surface area contributed by atoms with E-state index in [9.17, 15) is 43.8 Å². The molecule has 0 aliphatic carbocycles. The SMILES string of the molecule is N[C@@H](CCCCNC(=O)c1cc(NC(=O)CN(CCC(=O)O)C(=O)CCCCCCCCCCCCCCCCC(=O)O)cc(C(=O)O)c1)C(=O)O. The predicted molar refractivity (Wildman–Crippen MR) is 194 cm³/mol. The molecular formula is C37H58N4O11. The van der Waals surface area contributed by atoms with Crippen molar-refractivity contribution in [2.75, 3.05) is 25.0 Å². The second kappa shape index (κ2) is 27.2. The van der Waals surface area contributed by atoms with Gasteiger partial charge in [0.1, 0.15) is 6.04 Å². The maximum atomic E-state index is 13.0. The number of aliphatic carboxylic acids is 3. The molecule has 0 aliphatic rings. The van der Waals surface area contributed by atoms with E-state index < -0.39 is 48.3 Å². The van der Waals surface area contributed by atoms with Crippen LogP contribution in [0.2, 0.25) is 0 Å². The number of rotatable bonds is 31. The number of anilines is 1. The molecule has 292 valence electrons. The van der Waals surface area contributed by atoms with Gasteiger partial charge < -0.3 is 41.7 Å². The van der Waals surface area contributed by atoms with Gasteiger partial charge in [-0.3, -0.25) is 28.8 Å². The van der Waals surface area contributed by atoms with Crippen molar-refractivity contribution in [1.82, 2.24) is 10.2 Å². The molecule has 0 bridgehead atoms. The van der Waals surface area contributed by atoms with Gasteiger partial charge >= 0.3 is 23.9 Å². The number of nitrogens with one attached hydrogen (secondary N) is 2. The Labute approximate surface area is 305 Å². The lowest BCUT2D eigenvalue weighted by molar-refractivity contribution is -0.140. The minimum Gasteiger partial charge on any atom is -0.481 e.